The van der Waals surface area contributed by atoms with Crippen molar-refractivity contribution < 1.29 is 5.11 Å². The number of rotatable bonds is 2. The van der Waals surface area contributed by atoms with Crippen LogP contribution in [0.25, 0.3) is 0 Å². The number of hydrogen-bond acceptors (Lipinski definition) is 2. The van der Waals surface area contributed by atoms with Gasteiger partial charge in [-0.1, -0.05) is 13.0 Å². The molecule has 1 aromatic rings. The first-order chi connectivity index (χ1) is 6.72. The summed E-state index contributed by atoms with van der Waals surface area (Å²) in [6, 6.07) is 4.42. The van der Waals surface area contributed by atoms with Crippen molar-refractivity contribution in [1.29, 1.82) is 0 Å². The van der Waals surface area contributed by atoms with Crippen LogP contribution in [-0.2, 0) is 6.42 Å². The monoisotopic (exact) mass is 255 g/mol. The van der Waals surface area contributed by atoms with Crippen molar-refractivity contribution in [2.75, 3.05) is 6.54 Å². The van der Waals surface area contributed by atoms with Crippen molar-refractivity contribution in [3.8, 4) is 5.75 Å². The molecule has 0 bridgehead atoms. The van der Waals surface area contributed by atoms with Crippen molar-refractivity contribution in [2.45, 2.75) is 25.8 Å². The number of hydrogen-bond donors (Lipinski definition) is 2. The normalized spacial score (nSPS) is 20.6. The van der Waals surface area contributed by atoms with Gasteiger partial charge < -0.3 is 10.4 Å². The Morgan fingerprint density at radius 1 is 1.57 bits per heavy atom. The Balaban J connectivity index is 2.40. The van der Waals surface area contributed by atoms with Crippen LogP contribution < -0.4 is 5.32 Å². The summed E-state index contributed by atoms with van der Waals surface area (Å²) in [5.41, 5.74) is 2.29. The van der Waals surface area contributed by atoms with Gasteiger partial charge in [-0.3, -0.25) is 0 Å². The Bertz CT molecular complexity index is 347. The van der Waals surface area contributed by atoms with Gasteiger partial charge in [0.05, 0.1) is 4.47 Å². The van der Waals surface area contributed by atoms with E-state index in [0.29, 0.717) is 11.8 Å². The Labute approximate surface area is 92.5 Å². The van der Waals surface area contributed by atoms with Gasteiger partial charge in [0, 0.05) is 11.6 Å². The lowest BCUT2D eigenvalue weighted by molar-refractivity contribution is 0.363. The molecule has 0 aliphatic carbocycles. The van der Waals surface area contributed by atoms with E-state index in [1.54, 1.807) is 0 Å². The van der Waals surface area contributed by atoms with Crippen LogP contribution >= 0.6 is 15.9 Å². The van der Waals surface area contributed by atoms with Gasteiger partial charge in [-0.05, 0) is 46.9 Å². The minimum Gasteiger partial charge on any atom is -0.506 e. The van der Waals surface area contributed by atoms with E-state index in [2.05, 4.69) is 34.2 Å². The summed E-state index contributed by atoms with van der Waals surface area (Å²) in [5, 5.41) is 13.2. The molecule has 0 amide bonds. The quantitative estimate of drug-likeness (QED) is 0.852. The lowest BCUT2D eigenvalue weighted by atomic mass is 9.95. The van der Waals surface area contributed by atoms with Crippen molar-refractivity contribution in [3.05, 3.63) is 27.7 Å². The van der Waals surface area contributed by atoms with Crippen LogP contribution in [0, 0.1) is 0 Å². The van der Waals surface area contributed by atoms with Gasteiger partial charge in [0.2, 0.25) is 0 Å². The third-order valence-corrected chi connectivity index (χ3v) is 3.36. The van der Waals surface area contributed by atoms with Crippen LogP contribution in [-0.4, -0.2) is 11.7 Å². The van der Waals surface area contributed by atoms with E-state index in [9.17, 15) is 5.11 Å². The second-order valence-corrected chi connectivity index (χ2v) is 4.52. The molecule has 1 aliphatic heterocycles. The SMILES string of the molecule is CCc1cc(Br)c(O)c([C@H]2CCN2)c1. The summed E-state index contributed by atoms with van der Waals surface area (Å²) in [7, 11) is 0. The zero-order valence-electron chi connectivity index (χ0n) is 8.18. The lowest BCUT2D eigenvalue weighted by Crippen LogP contribution is -2.35. The highest BCUT2D eigenvalue weighted by molar-refractivity contribution is 9.10. The summed E-state index contributed by atoms with van der Waals surface area (Å²) >= 11 is 3.38. The van der Waals surface area contributed by atoms with E-state index in [-0.39, 0.29) is 0 Å². The fourth-order valence-corrected chi connectivity index (χ4v) is 2.23. The van der Waals surface area contributed by atoms with Crippen molar-refractivity contribution in [2.24, 2.45) is 0 Å². The molecule has 1 aromatic carbocycles. The molecule has 1 atom stereocenters. The number of aromatic hydroxyl groups is 1. The van der Waals surface area contributed by atoms with E-state index in [1.807, 2.05) is 6.07 Å². The molecule has 14 heavy (non-hydrogen) atoms. The third kappa shape index (κ3) is 1.66. The fourth-order valence-electron chi connectivity index (χ4n) is 1.70. The van der Waals surface area contributed by atoms with Crippen molar-refractivity contribution in [3.63, 3.8) is 0 Å². The van der Waals surface area contributed by atoms with Crippen molar-refractivity contribution >= 4 is 15.9 Å². The van der Waals surface area contributed by atoms with E-state index in [1.165, 1.54) is 5.56 Å². The molecule has 76 valence electrons. The van der Waals surface area contributed by atoms with Gasteiger partial charge in [0.1, 0.15) is 5.75 Å². The fraction of sp³-hybridized carbons (Fsp3) is 0.455. The van der Waals surface area contributed by atoms with Crippen LogP contribution in [0.1, 0.15) is 30.5 Å². The zero-order chi connectivity index (χ0) is 10.1. The molecule has 0 unspecified atom stereocenters. The molecule has 0 radical (unpaired) electrons. The van der Waals surface area contributed by atoms with E-state index < -0.39 is 0 Å². The lowest BCUT2D eigenvalue weighted by Gasteiger charge is -2.29. The average Bonchev–Trinajstić information content (AvgIpc) is 2.09. The highest BCUT2D eigenvalue weighted by Gasteiger charge is 2.22. The second-order valence-electron chi connectivity index (χ2n) is 3.66. The Morgan fingerprint density at radius 2 is 2.29 bits per heavy atom. The molecule has 0 aromatic heterocycles. The first-order valence-electron chi connectivity index (χ1n) is 4.97. The number of nitrogens with one attached hydrogen (secondary N) is 1. The van der Waals surface area contributed by atoms with Gasteiger partial charge >= 0.3 is 0 Å². The number of aryl methyl sites for hydroxylation is 1. The topological polar surface area (TPSA) is 32.3 Å². The van der Waals surface area contributed by atoms with Gasteiger partial charge in [0.15, 0.2) is 0 Å². The standard InChI is InChI=1S/C11H14BrNO/c1-2-7-5-8(10-3-4-13-10)11(14)9(12)6-7/h5-6,10,13-14H,2-4H2,1H3/t10-/m1/s1. The Kier molecular flexibility index (Phi) is 2.79. The Hall–Kier alpha value is -0.540. The number of phenols is 1. The van der Waals surface area contributed by atoms with Crippen LogP contribution in [0.3, 0.4) is 0 Å². The smallest absolute Gasteiger partial charge is 0.134 e. The van der Waals surface area contributed by atoms with Gasteiger partial charge in [-0.15, -0.1) is 0 Å². The summed E-state index contributed by atoms with van der Waals surface area (Å²) < 4.78 is 0.806. The molecule has 1 heterocycles. The minimum atomic E-state index is 0.345. The van der Waals surface area contributed by atoms with Crippen LogP contribution in [0.15, 0.2) is 16.6 Å². The molecule has 2 nitrogen and oxygen atoms in total. The molecule has 3 heteroatoms. The molecule has 2 rings (SSSR count). The third-order valence-electron chi connectivity index (χ3n) is 2.76. The van der Waals surface area contributed by atoms with Crippen LogP contribution in [0.2, 0.25) is 0 Å². The maximum Gasteiger partial charge on any atom is 0.134 e. The zero-order valence-corrected chi connectivity index (χ0v) is 9.76. The maximum atomic E-state index is 9.87. The number of halogens is 1. The Morgan fingerprint density at radius 3 is 2.79 bits per heavy atom. The molecular formula is C11H14BrNO. The maximum absolute atomic E-state index is 9.87. The highest BCUT2D eigenvalue weighted by Crippen LogP contribution is 2.36. The second kappa shape index (κ2) is 3.91. The predicted octanol–water partition coefficient (Wildman–Crippen LogP) is 2.75. The largest absolute Gasteiger partial charge is 0.506 e. The first kappa shape index (κ1) is 9.99. The molecule has 1 aliphatic rings. The molecule has 0 saturated carbocycles. The first-order valence-corrected chi connectivity index (χ1v) is 5.76. The van der Waals surface area contributed by atoms with Gasteiger partial charge in [-0.2, -0.15) is 0 Å². The van der Waals surface area contributed by atoms with E-state index in [0.717, 1.165) is 29.4 Å². The van der Waals surface area contributed by atoms with Gasteiger partial charge in [0.25, 0.3) is 0 Å². The van der Waals surface area contributed by atoms with E-state index in [4.69, 9.17) is 0 Å². The molecule has 2 N–H and O–H groups in total. The summed E-state index contributed by atoms with van der Waals surface area (Å²) in [6.45, 7) is 3.18. The molecule has 0 spiro atoms. The minimum absolute atomic E-state index is 0.345. The predicted molar refractivity (Wildman–Crippen MR) is 60.5 cm³/mol. The summed E-state index contributed by atoms with van der Waals surface area (Å²) in [4.78, 5) is 0. The van der Waals surface area contributed by atoms with Crippen molar-refractivity contribution in [1.82, 2.24) is 5.32 Å². The van der Waals surface area contributed by atoms with Crippen LogP contribution in [0.5, 0.6) is 5.75 Å². The molecular weight excluding hydrogens is 242 g/mol. The molecule has 1 fully saturated rings. The molecule has 1 saturated heterocycles. The number of benzene rings is 1. The average molecular weight is 256 g/mol. The van der Waals surface area contributed by atoms with Crippen LogP contribution in [0.4, 0.5) is 0 Å². The van der Waals surface area contributed by atoms with Gasteiger partial charge in [-0.25, -0.2) is 0 Å². The van der Waals surface area contributed by atoms with E-state index >= 15 is 0 Å². The highest BCUT2D eigenvalue weighted by atomic mass is 79.9. The summed E-state index contributed by atoms with van der Waals surface area (Å²) in [6.07, 6.45) is 2.12. The summed E-state index contributed by atoms with van der Waals surface area (Å²) in [5.74, 6) is 0.388. The number of phenolic OH excluding ortho intramolecular Hbond substituents is 1.